The highest BCUT2D eigenvalue weighted by Gasteiger charge is 2.31. The minimum absolute atomic E-state index is 0.0461. The van der Waals surface area contributed by atoms with Gasteiger partial charge in [0.15, 0.2) is 12.1 Å². The fraction of sp³-hybridized carbons (Fsp3) is 0.741. The molecule has 0 aliphatic carbocycles. The molecule has 0 aliphatic rings. The Bertz CT molecular complexity index is 1310. The first-order chi connectivity index (χ1) is 32.1. The first kappa shape index (κ1) is 62.8. The van der Waals surface area contributed by atoms with E-state index in [1.54, 1.807) is 0 Å². The van der Waals surface area contributed by atoms with Crippen molar-refractivity contribution in [3.05, 3.63) is 72.9 Å². The fourth-order valence-electron chi connectivity index (χ4n) is 7.74. The molecule has 2 unspecified atom stereocenters. The summed E-state index contributed by atoms with van der Waals surface area (Å²) in [7, 11) is 5.52. The number of quaternary nitrogens is 1. The lowest BCUT2D eigenvalue weighted by Crippen LogP contribution is -2.50. The van der Waals surface area contributed by atoms with Gasteiger partial charge in [0, 0.05) is 19.3 Å². The van der Waals surface area contributed by atoms with Crippen LogP contribution >= 0.6 is 0 Å². The standard InChI is InChI=1S/C58H101NO7/c1-6-8-10-12-14-16-18-20-22-24-26-28-30-32-34-36-38-40-42-44-46-48-56(60)65-53-54(52-64-51-50-55(58(62)63)59(3,4)5)66-57(61)49-47-45-43-41-39-37-35-33-31-29-27-25-23-21-19-17-15-13-11-9-7-2/h8,10,14,16,20,22,26,28,32,34,38,40,54-55H,6-7,9,11-13,15,17-19,21,23-25,27,29-31,33,35-37,39,41-53H2,1-5H3/p+1/b10-8+,16-14+,22-20+,28-26+,34-32+,40-38+. The van der Waals surface area contributed by atoms with Gasteiger partial charge in [0.2, 0.25) is 0 Å². The lowest BCUT2D eigenvalue weighted by Gasteiger charge is -2.31. The molecule has 66 heavy (non-hydrogen) atoms. The third-order valence-corrected chi connectivity index (χ3v) is 11.9. The van der Waals surface area contributed by atoms with E-state index in [1.807, 2.05) is 21.1 Å². The average molecular weight is 925 g/mol. The van der Waals surface area contributed by atoms with Crippen molar-refractivity contribution in [2.45, 2.75) is 238 Å². The second-order valence-electron chi connectivity index (χ2n) is 19.1. The number of esters is 2. The lowest BCUT2D eigenvalue weighted by molar-refractivity contribution is -0.887. The summed E-state index contributed by atoms with van der Waals surface area (Å²) in [5.74, 6) is -1.52. The molecular weight excluding hydrogens is 823 g/mol. The minimum Gasteiger partial charge on any atom is -0.477 e. The number of carbonyl (C=O) groups excluding carboxylic acids is 2. The van der Waals surface area contributed by atoms with Gasteiger partial charge in [-0.2, -0.15) is 0 Å². The van der Waals surface area contributed by atoms with E-state index in [0.717, 1.165) is 70.6 Å². The van der Waals surface area contributed by atoms with Crippen molar-refractivity contribution >= 4 is 17.9 Å². The second kappa shape index (κ2) is 48.2. The molecule has 0 saturated carbocycles. The largest absolute Gasteiger partial charge is 0.477 e. The molecule has 8 heteroatoms. The summed E-state index contributed by atoms with van der Waals surface area (Å²) in [6.45, 7) is 4.60. The van der Waals surface area contributed by atoms with Gasteiger partial charge < -0.3 is 23.8 Å². The van der Waals surface area contributed by atoms with Crippen LogP contribution < -0.4 is 0 Å². The highest BCUT2D eigenvalue weighted by molar-refractivity contribution is 5.72. The van der Waals surface area contributed by atoms with Crippen LogP contribution in [0.2, 0.25) is 0 Å². The zero-order chi connectivity index (χ0) is 48.4. The topological polar surface area (TPSA) is 99.1 Å². The molecule has 0 heterocycles. The van der Waals surface area contributed by atoms with Crippen molar-refractivity contribution in [2.24, 2.45) is 0 Å². The van der Waals surface area contributed by atoms with Gasteiger partial charge in [0.1, 0.15) is 6.61 Å². The zero-order valence-corrected chi connectivity index (χ0v) is 43.4. The third-order valence-electron chi connectivity index (χ3n) is 11.9. The third kappa shape index (κ3) is 45.9. The molecule has 0 saturated heterocycles. The van der Waals surface area contributed by atoms with Gasteiger partial charge in [-0.15, -0.1) is 0 Å². The number of carbonyl (C=O) groups is 3. The highest BCUT2D eigenvalue weighted by atomic mass is 16.6. The molecule has 0 fully saturated rings. The maximum absolute atomic E-state index is 12.8. The first-order valence-corrected chi connectivity index (χ1v) is 27.0. The van der Waals surface area contributed by atoms with Crippen LogP contribution in [0.15, 0.2) is 72.9 Å². The summed E-state index contributed by atoms with van der Waals surface area (Å²) in [5.41, 5.74) is 0. The van der Waals surface area contributed by atoms with E-state index in [9.17, 15) is 19.5 Å². The van der Waals surface area contributed by atoms with Gasteiger partial charge in [0.25, 0.3) is 0 Å². The van der Waals surface area contributed by atoms with Gasteiger partial charge in [0.05, 0.1) is 34.4 Å². The predicted molar refractivity (Wildman–Crippen MR) is 280 cm³/mol. The molecule has 0 bridgehead atoms. The van der Waals surface area contributed by atoms with Gasteiger partial charge >= 0.3 is 17.9 Å². The van der Waals surface area contributed by atoms with Crippen LogP contribution in [0, 0.1) is 0 Å². The molecule has 2 atom stereocenters. The number of carboxylic acids is 1. The Hall–Kier alpha value is -3.23. The second-order valence-corrected chi connectivity index (χ2v) is 19.1. The lowest BCUT2D eigenvalue weighted by atomic mass is 10.0. The molecule has 0 aromatic carbocycles. The van der Waals surface area contributed by atoms with E-state index in [-0.39, 0.29) is 36.2 Å². The molecule has 0 spiro atoms. The Balaban J connectivity index is 4.29. The SMILES string of the molecule is CC/C=C/C/C=C/C/C=C/C/C=C/C/C=C/C/C=C/CCCCC(=O)OCC(COCCC(C(=O)O)[N+](C)(C)C)OC(=O)CCCCCCCCCCCCCCCCCCCCCCC. The van der Waals surface area contributed by atoms with Gasteiger partial charge in [-0.3, -0.25) is 9.59 Å². The van der Waals surface area contributed by atoms with E-state index in [4.69, 9.17) is 14.2 Å². The van der Waals surface area contributed by atoms with Crippen LogP contribution in [0.5, 0.6) is 0 Å². The Morgan fingerprint density at radius 1 is 0.470 bits per heavy atom. The Labute approximate surface area is 406 Å². The van der Waals surface area contributed by atoms with Gasteiger partial charge in [-0.25, -0.2) is 4.79 Å². The van der Waals surface area contributed by atoms with Gasteiger partial charge in [-0.05, 0) is 64.2 Å². The number of nitrogens with zero attached hydrogens (tertiary/aromatic N) is 1. The van der Waals surface area contributed by atoms with E-state index >= 15 is 0 Å². The number of unbranched alkanes of at least 4 members (excludes halogenated alkanes) is 22. The average Bonchev–Trinajstić information content (AvgIpc) is 3.28. The monoisotopic (exact) mass is 925 g/mol. The van der Waals surface area contributed by atoms with Gasteiger partial charge in [-0.1, -0.05) is 215 Å². The zero-order valence-electron chi connectivity index (χ0n) is 43.4. The van der Waals surface area contributed by atoms with Crippen molar-refractivity contribution in [1.82, 2.24) is 0 Å². The quantitative estimate of drug-likeness (QED) is 0.0281. The van der Waals surface area contributed by atoms with Crippen LogP contribution in [0.4, 0.5) is 0 Å². The molecule has 8 nitrogen and oxygen atoms in total. The molecule has 1 N–H and O–H groups in total. The minimum atomic E-state index is -0.881. The van der Waals surface area contributed by atoms with Crippen molar-refractivity contribution < 1.29 is 38.2 Å². The first-order valence-electron chi connectivity index (χ1n) is 27.0. The normalized spacial score (nSPS) is 13.4. The summed E-state index contributed by atoms with van der Waals surface area (Å²) < 4.78 is 17.3. The summed E-state index contributed by atoms with van der Waals surface area (Å²) in [6.07, 6.45) is 62.5. The smallest absolute Gasteiger partial charge is 0.362 e. The number of aliphatic carboxylic acids is 1. The van der Waals surface area contributed by atoms with E-state index in [2.05, 4.69) is 86.8 Å². The molecule has 0 rings (SSSR count). The van der Waals surface area contributed by atoms with Crippen LogP contribution in [0.25, 0.3) is 0 Å². The van der Waals surface area contributed by atoms with E-state index < -0.39 is 18.1 Å². The Morgan fingerprint density at radius 2 is 0.848 bits per heavy atom. The maximum atomic E-state index is 12.8. The molecule has 0 aromatic rings. The number of hydrogen-bond donors (Lipinski definition) is 1. The van der Waals surface area contributed by atoms with E-state index in [0.29, 0.717) is 25.7 Å². The summed E-state index contributed by atoms with van der Waals surface area (Å²) >= 11 is 0. The predicted octanol–water partition coefficient (Wildman–Crippen LogP) is 15.9. The van der Waals surface area contributed by atoms with Crippen LogP contribution in [-0.4, -0.2) is 80.6 Å². The van der Waals surface area contributed by atoms with Crippen LogP contribution in [-0.2, 0) is 28.6 Å². The summed E-state index contributed by atoms with van der Waals surface area (Å²) in [5, 5.41) is 9.66. The van der Waals surface area contributed by atoms with Crippen molar-refractivity contribution in [1.29, 1.82) is 0 Å². The number of likely N-dealkylation sites (N-methyl/N-ethyl adjacent to an activating group) is 1. The van der Waals surface area contributed by atoms with Crippen molar-refractivity contribution in [3.8, 4) is 0 Å². The maximum Gasteiger partial charge on any atom is 0.362 e. The Morgan fingerprint density at radius 3 is 1.26 bits per heavy atom. The number of hydrogen-bond acceptors (Lipinski definition) is 6. The van der Waals surface area contributed by atoms with Crippen molar-refractivity contribution in [3.63, 3.8) is 0 Å². The molecule has 0 aromatic heterocycles. The van der Waals surface area contributed by atoms with Crippen LogP contribution in [0.1, 0.15) is 226 Å². The van der Waals surface area contributed by atoms with Crippen molar-refractivity contribution in [2.75, 3.05) is 41.0 Å². The summed E-state index contributed by atoms with van der Waals surface area (Å²) in [4.78, 5) is 37.2. The fourth-order valence-corrected chi connectivity index (χ4v) is 7.74. The molecule has 0 aliphatic heterocycles. The van der Waals surface area contributed by atoms with E-state index in [1.165, 1.54) is 116 Å². The number of carboxylic acid groups (broad SMARTS) is 1. The molecule has 0 radical (unpaired) electrons. The molecular formula is C58H102NO7+. The highest BCUT2D eigenvalue weighted by Crippen LogP contribution is 2.16. The Kier molecular flexibility index (Phi) is 45.9. The number of rotatable bonds is 48. The molecule has 0 amide bonds. The number of ether oxygens (including phenoxy) is 3. The number of allylic oxidation sites excluding steroid dienone is 12. The summed E-state index contributed by atoms with van der Waals surface area (Å²) in [6, 6.07) is -0.624. The molecule has 380 valence electrons. The van der Waals surface area contributed by atoms with Crippen LogP contribution in [0.3, 0.4) is 0 Å².